The van der Waals surface area contributed by atoms with E-state index in [1.165, 1.54) is 0 Å². The van der Waals surface area contributed by atoms with E-state index in [2.05, 4.69) is 15.9 Å². The standard InChI is InChI=1S/C6H11BrO3/c1-3-9-5(2)10-6(8)4-7/h5H,3-4H2,1-2H3. The Morgan fingerprint density at radius 1 is 1.70 bits per heavy atom. The highest BCUT2D eigenvalue weighted by molar-refractivity contribution is 9.09. The van der Waals surface area contributed by atoms with Crippen LogP contribution in [-0.2, 0) is 14.3 Å². The van der Waals surface area contributed by atoms with Crippen LogP contribution in [0.15, 0.2) is 0 Å². The zero-order chi connectivity index (χ0) is 7.98. The van der Waals surface area contributed by atoms with Crippen molar-refractivity contribution >= 4 is 21.9 Å². The smallest absolute Gasteiger partial charge is 0.318 e. The second kappa shape index (κ2) is 5.68. The third-order valence-electron chi connectivity index (χ3n) is 0.808. The fourth-order valence-electron chi connectivity index (χ4n) is 0.485. The Morgan fingerprint density at radius 3 is 2.70 bits per heavy atom. The van der Waals surface area contributed by atoms with Crippen molar-refractivity contribution in [3.05, 3.63) is 0 Å². The van der Waals surface area contributed by atoms with E-state index in [9.17, 15) is 4.79 Å². The summed E-state index contributed by atoms with van der Waals surface area (Å²) in [6.07, 6.45) is -0.435. The van der Waals surface area contributed by atoms with Crippen molar-refractivity contribution in [1.82, 2.24) is 0 Å². The molecule has 0 aliphatic heterocycles. The summed E-state index contributed by atoms with van der Waals surface area (Å²) in [5.41, 5.74) is 0. The number of alkyl halides is 1. The second-order valence-corrected chi connectivity index (χ2v) is 2.21. The molecule has 0 rings (SSSR count). The Hall–Kier alpha value is -0.0900. The van der Waals surface area contributed by atoms with Crippen LogP contribution in [-0.4, -0.2) is 24.2 Å². The van der Waals surface area contributed by atoms with E-state index < -0.39 is 6.29 Å². The number of hydrogen-bond donors (Lipinski definition) is 0. The Kier molecular flexibility index (Phi) is 5.63. The van der Waals surface area contributed by atoms with Gasteiger partial charge in [-0.15, -0.1) is 0 Å². The molecule has 10 heavy (non-hydrogen) atoms. The number of hydrogen-bond acceptors (Lipinski definition) is 3. The fourth-order valence-corrected chi connectivity index (χ4v) is 0.618. The van der Waals surface area contributed by atoms with Gasteiger partial charge in [-0.1, -0.05) is 15.9 Å². The minimum Gasteiger partial charge on any atom is -0.435 e. The SMILES string of the molecule is CCOC(C)OC(=O)CBr. The Bertz CT molecular complexity index is 105. The summed E-state index contributed by atoms with van der Waals surface area (Å²) in [7, 11) is 0. The largest absolute Gasteiger partial charge is 0.435 e. The highest BCUT2D eigenvalue weighted by Crippen LogP contribution is 1.95. The summed E-state index contributed by atoms with van der Waals surface area (Å²) < 4.78 is 9.68. The summed E-state index contributed by atoms with van der Waals surface area (Å²) in [6, 6.07) is 0. The van der Waals surface area contributed by atoms with Crippen LogP contribution in [0, 0.1) is 0 Å². The summed E-state index contributed by atoms with van der Waals surface area (Å²) in [6.45, 7) is 4.08. The first-order chi connectivity index (χ1) is 4.70. The first kappa shape index (κ1) is 9.91. The van der Waals surface area contributed by atoms with E-state index in [4.69, 9.17) is 9.47 Å². The molecule has 0 bridgehead atoms. The van der Waals surface area contributed by atoms with Gasteiger partial charge in [0.25, 0.3) is 0 Å². The van der Waals surface area contributed by atoms with Crippen LogP contribution in [0.1, 0.15) is 13.8 Å². The average molecular weight is 211 g/mol. The van der Waals surface area contributed by atoms with Crippen molar-refractivity contribution in [3.8, 4) is 0 Å². The minimum atomic E-state index is -0.435. The normalized spacial score (nSPS) is 12.7. The molecule has 0 aliphatic rings. The molecule has 3 nitrogen and oxygen atoms in total. The van der Waals surface area contributed by atoms with Crippen LogP contribution in [0.5, 0.6) is 0 Å². The van der Waals surface area contributed by atoms with Crippen LogP contribution in [0.3, 0.4) is 0 Å². The first-order valence-corrected chi connectivity index (χ1v) is 4.20. The van der Waals surface area contributed by atoms with Gasteiger partial charge in [0.2, 0.25) is 0 Å². The third kappa shape index (κ3) is 4.76. The lowest BCUT2D eigenvalue weighted by molar-refractivity contribution is -0.170. The third-order valence-corrected chi connectivity index (χ3v) is 1.27. The molecule has 0 radical (unpaired) electrons. The van der Waals surface area contributed by atoms with E-state index in [1.807, 2.05) is 6.92 Å². The average Bonchev–Trinajstić information content (AvgIpc) is 1.88. The maximum Gasteiger partial charge on any atom is 0.318 e. The summed E-state index contributed by atoms with van der Waals surface area (Å²) in [5, 5.41) is 0.213. The molecule has 0 aromatic rings. The van der Waals surface area contributed by atoms with E-state index in [1.54, 1.807) is 6.92 Å². The highest BCUT2D eigenvalue weighted by atomic mass is 79.9. The Balaban J connectivity index is 3.37. The van der Waals surface area contributed by atoms with Crippen molar-refractivity contribution in [2.24, 2.45) is 0 Å². The molecule has 4 heteroatoms. The van der Waals surface area contributed by atoms with Gasteiger partial charge >= 0.3 is 5.97 Å². The molecular formula is C6H11BrO3. The number of halogens is 1. The molecule has 0 saturated carbocycles. The lowest BCUT2D eigenvalue weighted by Gasteiger charge is -2.10. The Morgan fingerprint density at radius 2 is 2.30 bits per heavy atom. The molecule has 0 spiro atoms. The minimum absolute atomic E-state index is 0.213. The highest BCUT2D eigenvalue weighted by Gasteiger charge is 2.05. The van der Waals surface area contributed by atoms with Crippen LogP contribution in [0.25, 0.3) is 0 Å². The molecule has 0 saturated heterocycles. The molecule has 0 fully saturated rings. The van der Waals surface area contributed by atoms with Gasteiger partial charge < -0.3 is 9.47 Å². The van der Waals surface area contributed by atoms with E-state index in [-0.39, 0.29) is 11.3 Å². The van der Waals surface area contributed by atoms with Gasteiger partial charge in [0, 0.05) is 6.61 Å². The maximum atomic E-state index is 10.5. The van der Waals surface area contributed by atoms with Gasteiger partial charge in [0.05, 0.1) is 0 Å². The van der Waals surface area contributed by atoms with Gasteiger partial charge in [-0.3, -0.25) is 4.79 Å². The lowest BCUT2D eigenvalue weighted by atomic mass is 10.7. The molecule has 60 valence electrons. The topological polar surface area (TPSA) is 35.5 Å². The number of ether oxygens (including phenoxy) is 2. The zero-order valence-electron chi connectivity index (χ0n) is 6.09. The number of rotatable bonds is 4. The first-order valence-electron chi connectivity index (χ1n) is 3.07. The van der Waals surface area contributed by atoms with Crippen molar-refractivity contribution in [2.45, 2.75) is 20.1 Å². The van der Waals surface area contributed by atoms with E-state index in [0.717, 1.165) is 0 Å². The van der Waals surface area contributed by atoms with Crippen LogP contribution in [0.4, 0.5) is 0 Å². The molecule has 1 unspecified atom stereocenters. The second-order valence-electron chi connectivity index (χ2n) is 1.65. The van der Waals surface area contributed by atoms with E-state index >= 15 is 0 Å². The van der Waals surface area contributed by atoms with Crippen molar-refractivity contribution in [1.29, 1.82) is 0 Å². The fraction of sp³-hybridized carbons (Fsp3) is 0.833. The predicted octanol–water partition coefficient (Wildman–Crippen LogP) is 1.31. The molecule has 1 atom stereocenters. The van der Waals surface area contributed by atoms with Crippen LogP contribution in [0.2, 0.25) is 0 Å². The lowest BCUT2D eigenvalue weighted by Crippen LogP contribution is -2.18. The van der Waals surface area contributed by atoms with Gasteiger partial charge in [-0.2, -0.15) is 0 Å². The number of carbonyl (C=O) groups excluding carboxylic acids is 1. The predicted molar refractivity (Wildman–Crippen MR) is 41.0 cm³/mol. The molecular weight excluding hydrogens is 200 g/mol. The number of esters is 1. The van der Waals surface area contributed by atoms with Crippen LogP contribution >= 0.6 is 15.9 Å². The summed E-state index contributed by atoms with van der Waals surface area (Å²) in [5.74, 6) is -0.305. The monoisotopic (exact) mass is 210 g/mol. The van der Waals surface area contributed by atoms with Gasteiger partial charge in [-0.25, -0.2) is 0 Å². The molecule has 0 aliphatic carbocycles. The van der Waals surface area contributed by atoms with Gasteiger partial charge in [-0.05, 0) is 13.8 Å². The van der Waals surface area contributed by atoms with Crippen molar-refractivity contribution < 1.29 is 14.3 Å². The van der Waals surface area contributed by atoms with E-state index in [0.29, 0.717) is 6.61 Å². The van der Waals surface area contributed by atoms with Crippen molar-refractivity contribution in [2.75, 3.05) is 11.9 Å². The molecule has 0 heterocycles. The molecule has 0 amide bonds. The molecule has 0 N–H and O–H groups in total. The number of carbonyl (C=O) groups is 1. The molecule has 0 aromatic carbocycles. The van der Waals surface area contributed by atoms with Gasteiger partial charge in [0.15, 0.2) is 6.29 Å². The molecule has 0 aromatic heterocycles. The van der Waals surface area contributed by atoms with Crippen LogP contribution < -0.4 is 0 Å². The maximum absolute atomic E-state index is 10.5. The zero-order valence-corrected chi connectivity index (χ0v) is 7.68. The summed E-state index contributed by atoms with van der Waals surface area (Å²) in [4.78, 5) is 10.5. The quantitative estimate of drug-likeness (QED) is 0.399. The van der Waals surface area contributed by atoms with Gasteiger partial charge in [0.1, 0.15) is 5.33 Å². The summed E-state index contributed by atoms with van der Waals surface area (Å²) >= 11 is 2.96. The Labute approximate surface area is 68.8 Å². The van der Waals surface area contributed by atoms with Crippen molar-refractivity contribution in [3.63, 3.8) is 0 Å².